The number of carboxylic acids is 1. The summed E-state index contributed by atoms with van der Waals surface area (Å²) in [5.74, 6) is -1.94. The Balaban J connectivity index is 3.00. The predicted octanol–water partition coefficient (Wildman–Crippen LogP) is 1.66. The number of nitrogens with one attached hydrogen (secondary N) is 1. The van der Waals surface area contributed by atoms with Crippen molar-refractivity contribution in [2.45, 2.75) is 19.4 Å². The Morgan fingerprint density at radius 2 is 2.25 bits per heavy atom. The van der Waals surface area contributed by atoms with Gasteiger partial charge in [-0.15, -0.1) is 0 Å². The number of benzene rings is 1. The summed E-state index contributed by atoms with van der Waals surface area (Å²) in [6.45, 7) is 2.37. The highest BCUT2D eigenvalue weighted by Gasteiger charge is 2.22. The quantitative estimate of drug-likeness (QED) is 0.715. The molecule has 0 aliphatic heterocycles. The molecule has 0 saturated carbocycles. The maximum atomic E-state index is 13.0. The molecule has 0 radical (unpaired) electrons. The maximum Gasteiger partial charge on any atom is 0.325 e. The number of aliphatic carboxylic acids is 1. The summed E-state index contributed by atoms with van der Waals surface area (Å²) in [5.41, 5.74) is 0.0425. The minimum absolute atomic E-state index is 0.0425. The van der Waals surface area contributed by atoms with E-state index in [1.54, 1.807) is 0 Å². The smallest absolute Gasteiger partial charge is 0.325 e. The zero-order valence-corrected chi connectivity index (χ0v) is 8.90. The van der Waals surface area contributed by atoms with Crippen LogP contribution in [-0.2, 0) is 4.79 Å². The molecule has 3 N–H and O–H groups in total. The number of hydrogen-bond donors (Lipinski definition) is 3. The van der Waals surface area contributed by atoms with Crippen LogP contribution < -0.4 is 5.32 Å². The van der Waals surface area contributed by atoms with Gasteiger partial charge < -0.3 is 15.5 Å². The van der Waals surface area contributed by atoms with Crippen LogP contribution in [0.25, 0.3) is 0 Å². The molecule has 4 nitrogen and oxygen atoms in total. The van der Waals surface area contributed by atoms with Crippen molar-refractivity contribution in [1.29, 1.82) is 0 Å². The fourth-order valence-electron chi connectivity index (χ4n) is 1.38. The van der Waals surface area contributed by atoms with Gasteiger partial charge in [-0.05, 0) is 31.2 Å². The average molecular weight is 227 g/mol. The van der Waals surface area contributed by atoms with Crippen molar-refractivity contribution in [3.8, 4) is 5.75 Å². The second kappa shape index (κ2) is 5.46. The van der Waals surface area contributed by atoms with Crippen LogP contribution in [0.15, 0.2) is 18.2 Å². The zero-order chi connectivity index (χ0) is 12.1. The summed E-state index contributed by atoms with van der Waals surface area (Å²) >= 11 is 0. The molecule has 1 atom stereocenters. The second-order valence-corrected chi connectivity index (χ2v) is 3.43. The molecule has 1 aromatic rings. The number of phenolic OH excluding ortho intramolecular Hbond substituents is 1. The molecule has 88 valence electrons. The SMILES string of the molecule is CCCNC(C(=O)O)c1cc(F)ccc1O. The van der Waals surface area contributed by atoms with Crippen LogP contribution in [0.2, 0.25) is 0 Å². The topological polar surface area (TPSA) is 69.6 Å². The molecule has 1 aromatic carbocycles. The maximum absolute atomic E-state index is 13.0. The Morgan fingerprint density at radius 3 is 2.81 bits per heavy atom. The molecule has 5 heteroatoms. The van der Waals surface area contributed by atoms with Crippen LogP contribution >= 0.6 is 0 Å². The lowest BCUT2D eigenvalue weighted by molar-refractivity contribution is -0.139. The van der Waals surface area contributed by atoms with Gasteiger partial charge in [0.15, 0.2) is 0 Å². The first kappa shape index (κ1) is 12.4. The van der Waals surface area contributed by atoms with E-state index in [0.29, 0.717) is 6.54 Å². The van der Waals surface area contributed by atoms with E-state index in [1.165, 1.54) is 0 Å². The van der Waals surface area contributed by atoms with Crippen molar-refractivity contribution >= 4 is 5.97 Å². The van der Waals surface area contributed by atoms with E-state index >= 15 is 0 Å². The van der Waals surface area contributed by atoms with E-state index < -0.39 is 17.8 Å². The van der Waals surface area contributed by atoms with Crippen molar-refractivity contribution in [3.63, 3.8) is 0 Å². The van der Waals surface area contributed by atoms with Gasteiger partial charge in [0.1, 0.15) is 17.6 Å². The Morgan fingerprint density at radius 1 is 1.56 bits per heavy atom. The molecule has 0 spiro atoms. The van der Waals surface area contributed by atoms with Crippen LogP contribution in [0.5, 0.6) is 5.75 Å². The molecule has 0 heterocycles. The van der Waals surface area contributed by atoms with Crippen molar-refractivity contribution in [3.05, 3.63) is 29.6 Å². The third kappa shape index (κ3) is 2.93. The Labute approximate surface area is 92.7 Å². The molecule has 0 saturated heterocycles. The summed E-state index contributed by atoms with van der Waals surface area (Å²) < 4.78 is 13.0. The normalized spacial score (nSPS) is 12.4. The highest BCUT2D eigenvalue weighted by Crippen LogP contribution is 2.25. The lowest BCUT2D eigenvalue weighted by atomic mass is 10.1. The monoisotopic (exact) mass is 227 g/mol. The first-order chi connectivity index (χ1) is 7.56. The van der Waals surface area contributed by atoms with Gasteiger partial charge in [0.2, 0.25) is 0 Å². The largest absolute Gasteiger partial charge is 0.508 e. The van der Waals surface area contributed by atoms with Crippen molar-refractivity contribution in [2.75, 3.05) is 6.54 Å². The molecule has 0 fully saturated rings. The molecule has 0 aliphatic carbocycles. The first-order valence-corrected chi connectivity index (χ1v) is 5.01. The van der Waals surface area contributed by atoms with E-state index in [0.717, 1.165) is 24.6 Å². The van der Waals surface area contributed by atoms with Gasteiger partial charge in [0.05, 0.1) is 0 Å². The number of rotatable bonds is 5. The van der Waals surface area contributed by atoms with Gasteiger partial charge in [0, 0.05) is 5.56 Å². The number of hydrogen-bond acceptors (Lipinski definition) is 3. The van der Waals surface area contributed by atoms with Crippen LogP contribution in [0, 0.1) is 5.82 Å². The van der Waals surface area contributed by atoms with Crippen molar-refractivity contribution in [2.24, 2.45) is 0 Å². The molecule has 0 aliphatic rings. The third-order valence-corrected chi connectivity index (χ3v) is 2.15. The van der Waals surface area contributed by atoms with E-state index in [9.17, 15) is 14.3 Å². The van der Waals surface area contributed by atoms with Gasteiger partial charge in [-0.2, -0.15) is 0 Å². The van der Waals surface area contributed by atoms with Gasteiger partial charge in [-0.3, -0.25) is 4.79 Å². The summed E-state index contributed by atoms with van der Waals surface area (Å²) in [6, 6.07) is 2.17. The molecule has 1 rings (SSSR count). The van der Waals surface area contributed by atoms with Crippen molar-refractivity contribution < 1.29 is 19.4 Å². The van der Waals surface area contributed by atoms with E-state index in [-0.39, 0.29) is 11.3 Å². The number of halogens is 1. The molecule has 0 aromatic heterocycles. The van der Waals surface area contributed by atoms with Crippen LogP contribution in [0.3, 0.4) is 0 Å². The highest BCUT2D eigenvalue weighted by molar-refractivity contribution is 5.76. The van der Waals surface area contributed by atoms with Gasteiger partial charge >= 0.3 is 5.97 Å². The van der Waals surface area contributed by atoms with Crippen LogP contribution in [0.4, 0.5) is 4.39 Å². The summed E-state index contributed by atoms with van der Waals surface area (Å²) in [4.78, 5) is 11.0. The molecule has 0 bridgehead atoms. The van der Waals surface area contributed by atoms with Crippen molar-refractivity contribution in [1.82, 2.24) is 5.32 Å². The Bertz CT molecular complexity index is 381. The number of carbonyl (C=O) groups is 1. The van der Waals surface area contributed by atoms with Gasteiger partial charge in [-0.25, -0.2) is 4.39 Å². The molecule has 1 unspecified atom stereocenters. The number of phenols is 1. The Hall–Kier alpha value is -1.62. The number of aromatic hydroxyl groups is 1. The fraction of sp³-hybridized carbons (Fsp3) is 0.364. The predicted molar refractivity (Wildman–Crippen MR) is 56.7 cm³/mol. The van der Waals surface area contributed by atoms with Crippen LogP contribution in [-0.4, -0.2) is 22.7 Å². The van der Waals surface area contributed by atoms with Gasteiger partial charge in [-0.1, -0.05) is 6.92 Å². The summed E-state index contributed by atoms with van der Waals surface area (Å²) in [7, 11) is 0. The fourth-order valence-corrected chi connectivity index (χ4v) is 1.38. The first-order valence-electron chi connectivity index (χ1n) is 5.01. The van der Waals surface area contributed by atoms with E-state index in [1.807, 2.05) is 6.92 Å². The number of carboxylic acid groups (broad SMARTS) is 1. The van der Waals surface area contributed by atoms with Crippen LogP contribution in [0.1, 0.15) is 24.9 Å². The third-order valence-electron chi connectivity index (χ3n) is 2.15. The minimum atomic E-state index is -1.14. The standard InChI is InChI=1S/C11H14FNO3/c1-2-5-13-10(11(15)16)8-6-7(12)3-4-9(8)14/h3-4,6,10,13-14H,2,5H2,1H3,(H,15,16). The van der Waals surface area contributed by atoms with E-state index in [4.69, 9.17) is 5.11 Å². The highest BCUT2D eigenvalue weighted by atomic mass is 19.1. The molecular weight excluding hydrogens is 213 g/mol. The zero-order valence-electron chi connectivity index (χ0n) is 8.90. The Kier molecular flexibility index (Phi) is 4.25. The average Bonchev–Trinajstić information content (AvgIpc) is 2.23. The lowest BCUT2D eigenvalue weighted by Crippen LogP contribution is -2.29. The second-order valence-electron chi connectivity index (χ2n) is 3.43. The minimum Gasteiger partial charge on any atom is -0.508 e. The van der Waals surface area contributed by atoms with E-state index in [2.05, 4.69) is 5.32 Å². The summed E-state index contributed by atoms with van der Waals surface area (Å²) in [5, 5.41) is 21.2. The summed E-state index contributed by atoms with van der Waals surface area (Å²) in [6.07, 6.45) is 0.750. The molecule has 16 heavy (non-hydrogen) atoms. The molecular formula is C11H14FNO3. The molecule has 0 amide bonds. The van der Waals surface area contributed by atoms with Gasteiger partial charge in [0.25, 0.3) is 0 Å². The lowest BCUT2D eigenvalue weighted by Gasteiger charge is -2.15.